The summed E-state index contributed by atoms with van der Waals surface area (Å²) in [6.07, 6.45) is 6.99. The molecule has 0 atom stereocenters. The molecule has 0 unspecified atom stereocenters. The van der Waals surface area contributed by atoms with E-state index in [1.54, 1.807) is 18.3 Å². The Morgan fingerprint density at radius 2 is 1.79 bits per heavy atom. The number of phenolic OH excluding ortho intramolecular Hbond substituents is 2. The van der Waals surface area contributed by atoms with Crippen LogP contribution in [0.1, 0.15) is 37.7 Å². The van der Waals surface area contributed by atoms with E-state index in [2.05, 4.69) is 10.3 Å². The molecule has 1 fully saturated rings. The standard InChI is InChI=1S/C23H24N2O3/c26-20-9-8-16(12-21(20)27)14-23(10-4-1-5-11-23)22(28)25-18-13-17-6-2-3-7-19(17)24-15-18/h2-3,6-9,12-13,15,26-27H,1,4-5,10-11,14H2,(H,25,28). The van der Waals surface area contributed by atoms with Gasteiger partial charge in [-0.05, 0) is 49.1 Å². The fourth-order valence-electron chi connectivity index (χ4n) is 4.19. The zero-order chi connectivity index (χ0) is 19.6. The first-order chi connectivity index (χ1) is 13.6. The van der Waals surface area contributed by atoms with Gasteiger partial charge in [-0.25, -0.2) is 0 Å². The molecule has 4 rings (SSSR count). The van der Waals surface area contributed by atoms with Gasteiger partial charge in [0.15, 0.2) is 11.5 Å². The van der Waals surface area contributed by atoms with E-state index in [0.29, 0.717) is 12.1 Å². The number of aromatic nitrogens is 1. The lowest BCUT2D eigenvalue weighted by molar-refractivity contribution is -0.127. The highest BCUT2D eigenvalue weighted by molar-refractivity contribution is 5.97. The maximum atomic E-state index is 13.3. The molecule has 3 aromatic rings. The van der Waals surface area contributed by atoms with Gasteiger partial charge in [0.2, 0.25) is 5.91 Å². The summed E-state index contributed by atoms with van der Waals surface area (Å²) in [4.78, 5) is 17.8. The van der Waals surface area contributed by atoms with Crippen LogP contribution < -0.4 is 5.32 Å². The van der Waals surface area contributed by atoms with E-state index >= 15 is 0 Å². The second kappa shape index (κ2) is 7.50. The van der Waals surface area contributed by atoms with Gasteiger partial charge in [0.1, 0.15) is 0 Å². The number of hydrogen-bond donors (Lipinski definition) is 3. The van der Waals surface area contributed by atoms with Crippen LogP contribution in [0.2, 0.25) is 0 Å². The van der Waals surface area contributed by atoms with Crippen LogP contribution in [0.15, 0.2) is 54.7 Å². The Morgan fingerprint density at radius 1 is 1.00 bits per heavy atom. The molecule has 0 saturated heterocycles. The Hall–Kier alpha value is -3.08. The highest BCUT2D eigenvalue weighted by Crippen LogP contribution is 2.41. The lowest BCUT2D eigenvalue weighted by Crippen LogP contribution is -2.40. The minimum atomic E-state index is -0.521. The number of carbonyl (C=O) groups excluding carboxylic acids is 1. The summed E-state index contributed by atoms with van der Waals surface area (Å²) in [5.74, 6) is -0.299. The number of pyridine rings is 1. The van der Waals surface area contributed by atoms with E-state index in [4.69, 9.17) is 0 Å². The molecule has 5 heteroatoms. The first-order valence-corrected chi connectivity index (χ1v) is 9.73. The largest absolute Gasteiger partial charge is 0.504 e. The van der Waals surface area contributed by atoms with Crippen LogP contribution >= 0.6 is 0 Å². The number of fused-ring (bicyclic) bond motifs is 1. The lowest BCUT2D eigenvalue weighted by atomic mass is 9.69. The number of nitrogens with zero attached hydrogens (tertiary/aromatic N) is 1. The number of anilines is 1. The second-order valence-corrected chi connectivity index (χ2v) is 7.71. The van der Waals surface area contributed by atoms with E-state index in [9.17, 15) is 15.0 Å². The number of phenols is 2. The Bertz CT molecular complexity index is 1010. The van der Waals surface area contributed by atoms with Crippen molar-refractivity contribution < 1.29 is 15.0 Å². The molecule has 2 aromatic carbocycles. The van der Waals surface area contributed by atoms with Gasteiger partial charge >= 0.3 is 0 Å². The van der Waals surface area contributed by atoms with Gasteiger partial charge < -0.3 is 15.5 Å². The van der Waals surface area contributed by atoms with E-state index in [0.717, 1.165) is 48.6 Å². The maximum Gasteiger partial charge on any atom is 0.230 e. The monoisotopic (exact) mass is 376 g/mol. The Labute approximate surface area is 164 Å². The molecule has 1 aromatic heterocycles. The minimum Gasteiger partial charge on any atom is -0.504 e. The Morgan fingerprint density at radius 3 is 2.57 bits per heavy atom. The molecule has 3 N–H and O–H groups in total. The lowest BCUT2D eigenvalue weighted by Gasteiger charge is -2.36. The number of rotatable bonds is 4. The van der Waals surface area contributed by atoms with Crippen LogP contribution in [-0.4, -0.2) is 21.1 Å². The predicted octanol–water partition coefficient (Wildman–Crippen LogP) is 4.78. The highest BCUT2D eigenvalue weighted by atomic mass is 16.3. The van der Waals surface area contributed by atoms with Crippen LogP contribution in [0.5, 0.6) is 11.5 Å². The van der Waals surface area contributed by atoms with Gasteiger partial charge in [-0.15, -0.1) is 0 Å². The number of para-hydroxylation sites is 1. The molecular formula is C23H24N2O3. The summed E-state index contributed by atoms with van der Waals surface area (Å²) in [5.41, 5.74) is 1.92. The average Bonchev–Trinajstić information content (AvgIpc) is 2.71. The van der Waals surface area contributed by atoms with Gasteiger partial charge in [0.25, 0.3) is 0 Å². The second-order valence-electron chi connectivity index (χ2n) is 7.71. The van der Waals surface area contributed by atoms with Gasteiger partial charge in [-0.2, -0.15) is 0 Å². The van der Waals surface area contributed by atoms with E-state index < -0.39 is 5.41 Å². The SMILES string of the molecule is O=C(Nc1cnc2ccccc2c1)C1(Cc2ccc(O)c(O)c2)CCCCC1. The summed E-state index contributed by atoms with van der Waals surface area (Å²) >= 11 is 0. The molecule has 1 aliphatic rings. The number of amides is 1. The molecule has 28 heavy (non-hydrogen) atoms. The normalized spacial score (nSPS) is 16.0. The summed E-state index contributed by atoms with van der Waals surface area (Å²) in [6.45, 7) is 0. The maximum absolute atomic E-state index is 13.3. The van der Waals surface area contributed by atoms with Crippen molar-refractivity contribution in [2.45, 2.75) is 38.5 Å². The molecular weight excluding hydrogens is 352 g/mol. The third-order valence-corrected chi connectivity index (χ3v) is 5.72. The number of nitrogens with one attached hydrogen (secondary N) is 1. The van der Waals surface area contributed by atoms with Crippen molar-refractivity contribution in [3.8, 4) is 11.5 Å². The van der Waals surface area contributed by atoms with E-state index in [1.807, 2.05) is 30.3 Å². The van der Waals surface area contributed by atoms with Crippen molar-refractivity contribution in [1.82, 2.24) is 4.98 Å². The van der Waals surface area contributed by atoms with Crippen molar-refractivity contribution in [1.29, 1.82) is 0 Å². The zero-order valence-electron chi connectivity index (χ0n) is 15.7. The number of aromatic hydroxyl groups is 2. The first-order valence-electron chi connectivity index (χ1n) is 9.73. The smallest absolute Gasteiger partial charge is 0.230 e. The predicted molar refractivity (Wildman–Crippen MR) is 109 cm³/mol. The van der Waals surface area contributed by atoms with Crippen LogP contribution in [0.3, 0.4) is 0 Å². The van der Waals surface area contributed by atoms with Gasteiger partial charge in [-0.3, -0.25) is 9.78 Å². The molecule has 144 valence electrons. The van der Waals surface area contributed by atoms with Crippen LogP contribution in [0, 0.1) is 5.41 Å². The topological polar surface area (TPSA) is 82.5 Å². The summed E-state index contributed by atoms with van der Waals surface area (Å²) in [6, 6.07) is 14.6. The van der Waals surface area contributed by atoms with Crippen LogP contribution in [0.4, 0.5) is 5.69 Å². The Balaban J connectivity index is 1.60. The molecule has 1 aliphatic carbocycles. The third kappa shape index (κ3) is 3.65. The molecule has 0 spiro atoms. The molecule has 0 radical (unpaired) electrons. The average molecular weight is 376 g/mol. The number of benzene rings is 2. The summed E-state index contributed by atoms with van der Waals surface area (Å²) in [5, 5.41) is 23.5. The van der Waals surface area contributed by atoms with Crippen molar-refractivity contribution in [3.05, 3.63) is 60.3 Å². The van der Waals surface area contributed by atoms with Gasteiger partial charge in [0.05, 0.1) is 22.8 Å². The molecule has 1 heterocycles. The fourth-order valence-corrected chi connectivity index (χ4v) is 4.19. The number of hydrogen-bond acceptors (Lipinski definition) is 4. The molecule has 1 amide bonds. The molecule has 0 bridgehead atoms. The zero-order valence-corrected chi connectivity index (χ0v) is 15.7. The van der Waals surface area contributed by atoms with E-state index in [1.165, 1.54) is 6.07 Å². The van der Waals surface area contributed by atoms with Crippen LogP contribution in [0.25, 0.3) is 10.9 Å². The van der Waals surface area contributed by atoms with E-state index in [-0.39, 0.29) is 17.4 Å². The minimum absolute atomic E-state index is 0.00292. The third-order valence-electron chi connectivity index (χ3n) is 5.72. The van der Waals surface area contributed by atoms with Gasteiger partial charge in [0, 0.05) is 5.39 Å². The molecule has 1 saturated carbocycles. The fraction of sp³-hybridized carbons (Fsp3) is 0.304. The van der Waals surface area contributed by atoms with Gasteiger partial charge in [-0.1, -0.05) is 43.5 Å². The van der Waals surface area contributed by atoms with Crippen molar-refractivity contribution in [2.24, 2.45) is 5.41 Å². The summed E-state index contributed by atoms with van der Waals surface area (Å²) < 4.78 is 0. The van der Waals surface area contributed by atoms with Crippen molar-refractivity contribution in [2.75, 3.05) is 5.32 Å². The number of carbonyl (C=O) groups is 1. The summed E-state index contributed by atoms with van der Waals surface area (Å²) in [7, 11) is 0. The highest BCUT2D eigenvalue weighted by Gasteiger charge is 2.39. The van der Waals surface area contributed by atoms with Crippen LogP contribution in [-0.2, 0) is 11.2 Å². The quantitative estimate of drug-likeness (QED) is 0.573. The van der Waals surface area contributed by atoms with Crippen molar-refractivity contribution in [3.63, 3.8) is 0 Å². The molecule has 5 nitrogen and oxygen atoms in total. The first kappa shape index (κ1) is 18.3. The van der Waals surface area contributed by atoms with Crippen molar-refractivity contribution >= 4 is 22.5 Å². The molecule has 0 aliphatic heterocycles. The Kier molecular flexibility index (Phi) is 4.90.